The molecular formula is C13H19BrN2O. The molecule has 2 rings (SSSR count). The molecule has 1 atom stereocenters. The molecule has 1 aromatic carbocycles. The van der Waals surface area contributed by atoms with Gasteiger partial charge in [0.2, 0.25) is 0 Å². The summed E-state index contributed by atoms with van der Waals surface area (Å²) in [7, 11) is 1.73. The lowest BCUT2D eigenvalue weighted by Gasteiger charge is -2.34. The summed E-state index contributed by atoms with van der Waals surface area (Å²) in [6, 6.07) is 6.76. The van der Waals surface area contributed by atoms with E-state index >= 15 is 0 Å². The van der Waals surface area contributed by atoms with Crippen LogP contribution in [0.3, 0.4) is 0 Å². The maximum atomic E-state index is 5.41. The molecule has 0 unspecified atom stereocenters. The molecule has 1 aliphatic rings. The number of halogens is 1. The van der Waals surface area contributed by atoms with Gasteiger partial charge in [-0.05, 0) is 25.1 Å². The summed E-state index contributed by atoms with van der Waals surface area (Å²) in [6.45, 7) is 6.44. The third kappa shape index (κ3) is 3.21. The van der Waals surface area contributed by atoms with E-state index in [-0.39, 0.29) is 0 Å². The van der Waals surface area contributed by atoms with E-state index in [0.29, 0.717) is 6.04 Å². The van der Waals surface area contributed by atoms with Gasteiger partial charge in [0.05, 0.1) is 7.11 Å². The number of piperazine rings is 1. The monoisotopic (exact) mass is 298 g/mol. The van der Waals surface area contributed by atoms with Crippen LogP contribution in [0.5, 0.6) is 5.75 Å². The molecule has 3 nitrogen and oxygen atoms in total. The van der Waals surface area contributed by atoms with Crippen LogP contribution in [-0.2, 0) is 6.54 Å². The molecule has 1 aromatic rings. The number of nitrogens with one attached hydrogen (secondary N) is 1. The average molecular weight is 299 g/mol. The molecular weight excluding hydrogens is 280 g/mol. The van der Waals surface area contributed by atoms with E-state index in [1.165, 1.54) is 5.56 Å². The summed E-state index contributed by atoms with van der Waals surface area (Å²) in [5.41, 5.74) is 1.25. The molecule has 1 heterocycles. The topological polar surface area (TPSA) is 24.5 Å². The van der Waals surface area contributed by atoms with E-state index in [0.717, 1.165) is 36.4 Å². The van der Waals surface area contributed by atoms with Crippen molar-refractivity contribution in [3.8, 4) is 5.75 Å². The van der Waals surface area contributed by atoms with Gasteiger partial charge in [-0.1, -0.05) is 15.9 Å². The zero-order valence-corrected chi connectivity index (χ0v) is 12.0. The van der Waals surface area contributed by atoms with E-state index in [4.69, 9.17) is 4.74 Å². The van der Waals surface area contributed by atoms with Gasteiger partial charge in [-0.2, -0.15) is 0 Å². The Bertz CT molecular complexity index is 384. The van der Waals surface area contributed by atoms with E-state index in [1.54, 1.807) is 7.11 Å². The van der Waals surface area contributed by atoms with E-state index in [2.05, 4.69) is 39.1 Å². The average Bonchev–Trinajstić information content (AvgIpc) is 2.32. The molecule has 1 fully saturated rings. The molecule has 1 aliphatic heterocycles. The highest BCUT2D eigenvalue weighted by Gasteiger charge is 2.19. The molecule has 0 bridgehead atoms. The molecule has 4 heteroatoms. The summed E-state index contributed by atoms with van der Waals surface area (Å²) in [5.74, 6) is 0.971. The molecule has 0 amide bonds. The fourth-order valence-corrected chi connectivity index (χ4v) is 2.62. The lowest BCUT2D eigenvalue weighted by molar-refractivity contribution is 0.164. The number of ether oxygens (including phenoxy) is 1. The van der Waals surface area contributed by atoms with E-state index in [9.17, 15) is 0 Å². The Morgan fingerprint density at radius 2 is 2.35 bits per heavy atom. The fraction of sp³-hybridized carbons (Fsp3) is 0.538. The Hall–Kier alpha value is -0.580. The van der Waals surface area contributed by atoms with Crippen molar-refractivity contribution in [3.05, 3.63) is 28.2 Å². The molecule has 0 aromatic heterocycles. The fourth-order valence-electron chi connectivity index (χ4n) is 2.21. The first kappa shape index (κ1) is 12.9. The van der Waals surface area contributed by atoms with Gasteiger partial charge in [-0.25, -0.2) is 0 Å². The first-order chi connectivity index (χ1) is 8.20. The van der Waals surface area contributed by atoms with Gasteiger partial charge in [0.15, 0.2) is 0 Å². The van der Waals surface area contributed by atoms with Crippen molar-refractivity contribution in [1.82, 2.24) is 10.2 Å². The summed E-state index contributed by atoms with van der Waals surface area (Å²) in [6.07, 6.45) is 0. The standard InChI is InChI=1S/C13H19BrN2O/c1-10-8-15-5-6-16(10)9-11-7-12(14)3-4-13(11)17-2/h3-4,7,10,15H,5-6,8-9H2,1-2H3/t10-/m1/s1. The highest BCUT2D eigenvalue weighted by molar-refractivity contribution is 9.10. The summed E-state index contributed by atoms with van der Waals surface area (Å²) in [4.78, 5) is 2.49. The van der Waals surface area contributed by atoms with Crippen molar-refractivity contribution < 1.29 is 4.74 Å². The van der Waals surface area contributed by atoms with Crippen LogP contribution in [0, 0.1) is 0 Å². The Labute approximate surface area is 111 Å². The quantitative estimate of drug-likeness (QED) is 0.926. The zero-order valence-electron chi connectivity index (χ0n) is 10.4. The number of nitrogens with zero attached hydrogens (tertiary/aromatic N) is 1. The predicted molar refractivity (Wildman–Crippen MR) is 73.4 cm³/mol. The van der Waals surface area contributed by atoms with Crippen molar-refractivity contribution in [2.45, 2.75) is 19.5 Å². The summed E-state index contributed by atoms with van der Waals surface area (Å²) < 4.78 is 6.52. The van der Waals surface area contributed by atoms with Crippen LogP contribution in [0.1, 0.15) is 12.5 Å². The van der Waals surface area contributed by atoms with Crippen LogP contribution in [0.2, 0.25) is 0 Å². The Kier molecular flexibility index (Phi) is 4.42. The van der Waals surface area contributed by atoms with Crippen molar-refractivity contribution in [1.29, 1.82) is 0 Å². The highest BCUT2D eigenvalue weighted by Crippen LogP contribution is 2.25. The van der Waals surface area contributed by atoms with Gasteiger partial charge < -0.3 is 10.1 Å². The molecule has 0 aliphatic carbocycles. The van der Waals surface area contributed by atoms with Crippen molar-refractivity contribution in [2.24, 2.45) is 0 Å². The van der Waals surface area contributed by atoms with Gasteiger partial charge >= 0.3 is 0 Å². The van der Waals surface area contributed by atoms with E-state index in [1.807, 2.05) is 12.1 Å². The second-order valence-corrected chi connectivity index (χ2v) is 5.40. The Balaban J connectivity index is 2.13. The van der Waals surface area contributed by atoms with Gasteiger partial charge in [-0.3, -0.25) is 4.90 Å². The van der Waals surface area contributed by atoms with Gasteiger partial charge in [0.1, 0.15) is 5.75 Å². The lowest BCUT2D eigenvalue weighted by Crippen LogP contribution is -2.49. The summed E-state index contributed by atoms with van der Waals surface area (Å²) in [5, 5.41) is 3.41. The van der Waals surface area contributed by atoms with Gasteiger partial charge in [-0.15, -0.1) is 0 Å². The van der Waals surface area contributed by atoms with E-state index < -0.39 is 0 Å². The predicted octanol–water partition coefficient (Wildman–Crippen LogP) is 2.25. The second-order valence-electron chi connectivity index (χ2n) is 4.48. The minimum atomic E-state index is 0.576. The van der Waals surface area contributed by atoms with Gasteiger partial charge in [0, 0.05) is 42.3 Å². The van der Waals surface area contributed by atoms with Crippen molar-refractivity contribution in [3.63, 3.8) is 0 Å². The molecule has 94 valence electrons. The normalized spacial score (nSPS) is 21.5. The SMILES string of the molecule is COc1ccc(Br)cc1CN1CCNC[C@H]1C. The number of hydrogen-bond donors (Lipinski definition) is 1. The minimum Gasteiger partial charge on any atom is -0.496 e. The second kappa shape index (κ2) is 5.85. The first-order valence-corrected chi connectivity index (χ1v) is 6.77. The minimum absolute atomic E-state index is 0.576. The van der Waals surface area contributed by atoms with Crippen LogP contribution in [0.15, 0.2) is 22.7 Å². The number of hydrogen-bond acceptors (Lipinski definition) is 3. The van der Waals surface area contributed by atoms with Crippen LogP contribution in [0.25, 0.3) is 0 Å². The molecule has 0 spiro atoms. The van der Waals surface area contributed by atoms with Crippen molar-refractivity contribution >= 4 is 15.9 Å². The lowest BCUT2D eigenvalue weighted by atomic mass is 10.1. The van der Waals surface area contributed by atoms with Crippen LogP contribution >= 0.6 is 15.9 Å². The molecule has 0 radical (unpaired) electrons. The van der Waals surface area contributed by atoms with Crippen molar-refractivity contribution in [2.75, 3.05) is 26.7 Å². The number of methoxy groups -OCH3 is 1. The van der Waals surface area contributed by atoms with Crippen LogP contribution in [0.4, 0.5) is 0 Å². The maximum absolute atomic E-state index is 5.41. The smallest absolute Gasteiger partial charge is 0.123 e. The molecule has 0 saturated carbocycles. The largest absolute Gasteiger partial charge is 0.496 e. The molecule has 17 heavy (non-hydrogen) atoms. The maximum Gasteiger partial charge on any atom is 0.123 e. The highest BCUT2D eigenvalue weighted by atomic mass is 79.9. The number of rotatable bonds is 3. The summed E-state index contributed by atoms with van der Waals surface area (Å²) >= 11 is 3.52. The van der Waals surface area contributed by atoms with Gasteiger partial charge in [0.25, 0.3) is 0 Å². The zero-order chi connectivity index (χ0) is 12.3. The Morgan fingerprint density at radius 3 is 3.06 bits per heavy atom. The molecule has 1 N–H and O–H groups in total. The Morgan fingerprint density at radius 1 is 1.53 bits per heavy atom. The number of benzene rings is 1. The molecule has 1 saturated heterocycles. The first-order valence-electron chi connectivity index (χ1n) is 5.98. The van der Waals surface area contributed by atoms with Crippen LogP contribution < -0.4 is 10.1 Å². The third-order valence-electron chi connectivity index (χ3n) is 3.25. The van der Waals surface area contributed by atoms with Crippen LogP contribution in [-0.4, -0.2) is 37.7 Å². The third-order valence-corrected chi connectivity index (χ3v) is 3.75.